The zero-order valence-electron chi connectivity index (χ0n) is 12.3. The maximum Gasteiger partial charge on any atom is 0.151 e. The lowest BCUT2D eigenvalue weighted by molar-refractivity contribution is 0.250. The van der Waals surface area contributed by atoms with E-state index in [4.69, 9.17) is 0 Å². The Bertz CT molecular complexity index is 745. The molecular weight excluding hydrogens is 276 g/mol. The summed E-state index contributed by atoms with van der Waals surface area (Å²) < 4.78 is 0. The van der Waals surface area contributed by atoms with E-state index in [1.54, 1.807) is 6.20 Å². The zero-order valence-corrected chi connectivity index (χ0v) is 12.3. The fraction of sp³-hybridized carbons (Fsp3) is 0.312. The van der Waals surface area contributed by atoms with Gasteiger partial charge in [0.1, 0.15) is 5.65 Å². The molecule has 1 N–H and O–H groups in total. The van der Waals surface area contributed by atoms with E-state index in [-0.39, 0.29) is 0 Å². The van der Waals surface area contributed by atoms with Crippen LogP contribution < -0.4 is 4.90 Å². The zero-order chi connectivity index (χ0) is 14.8. The number of nitrogens with one attached hydrogen (secondary N) is 1. The molecule has 3 aromatic rings. The first-order chi connectivity index (χ1) is 10.9. The summed E-state index contributed by atoms with van der Waals surface area (Å²) in [6.07, 6.45) is 5.61. The Balaban J connectivity index is 1.42. The molecule has 0 radical (unpaired) electrons. The molecule has 0 spiro atoms. The Kier molecular flexibility index (Phi) is 3.44. The third kappa shape index (κ3) is 2.53. The average molecular weight is 294 g/mol. The summed E-state index contributed by atoms with van der Waals surface area (Å²) in [4.78, 5) is 12.4. The number of hydrogen-bond donors (Lipinski definition) is 1. The summed E-state index contributed by atoms with van der Waals surface area (Å²) in [6.45, 7) is 4.99. The Morgan fingerprint density at radius 1 is 1.05 bits per heavy atom. The molecule has 0 bridgehead atoms. The Hall–Kier alpha value is -2.47. The van der Waals surface area contributed by atoms with Crippen LogP contribution in [-0.4, -0.2) is 51.2 Å². The van der Waals surface area contributed by atoms with E-state index >= 15 is 0 Å². The lowest BCUT2D eigenvalue weighted by Gasteiger charge is -2.35. The van der Waals surface area contributed by atoms with E-state index in [9.17, 15) is 0 Å². The van der Waals surface area contributed by atoms with Crippen molar-refractivity contribution in [2.24, 2.45) is 0 Å². The van der Waals surface area contributed by atoms with E-state index in [2.05, 4.69) is 42.2 Å². The first kappa shape index (κ1) is 13.2. The molecule has 0 aromatic carbocycles. The summed E-state index contributed by atoms with van der Waals surface area (Å²) in [5.74, 6) is 0.971. The molecule has 1 saturated heterocycles. The molecule has 6 heteroatoms. The standard InChI is InChI=1S/C16H18N6/c1-3-14-13(11-18-16(14)17-5-1)12-21-7-9-22(10-8-21)15-4-2-6-19-20-15/h1-6,11H,7-10,12H2,(H,17,18). The van der Waals surface area contributed by atoms with Crippen molar-refractivity contribution in [2.75, 3.05) is 31.1 Å². The average Bonchev–Trinajstić information content (AvgIpc) is 3.00. The largest absolute Gasteiger partial charge is 0.353 e. The molecule has 4 heterocycles. The monoisotopic (exact) mass is 294 g/mol. The Labute approximate surface area is 128 Å². The summed E-state index contributed by atoms with van der Waals surface area (Å²) in [6, 6.07) is 8.08. The van der Waals surface area contributed by atoms with E-state index in [0.29, 0.717) is 0 Å². The van der Waals surface area contributed by atoms with Gasteiger partial charge in [-0.05, 0) is 29.8 Å². The third-order valence-corrected chi connectivity index (χ3v) is 4.19. The van der Waals surface area contributed by atoms with Gasteiger partial charge in [0.05, 0.1) is 0 Å². The van der Waals surface area contributed by atoms with Gasteiger partial charge >= 0.3 is 0 Å². The number of fused-ring (bicyclic) bond motifs is 1. The summed E-state index contributed by atoms with van der Waals surface area (Å²) in [5.41, 5.74) is 2.28. The first-order valence-electron chi connectivity index (χ1n) is 7.56. The van der Waals surface area contributed by atoms with Crippen molar-refractivity contribution in [2.45, 2.75) is 6.54 Å². The van der Waals surface area contributed by atoms with Gasteiger partial charge in [-0.15, -0.1) is 5.10 Å². The lowest BCUT2D eigenvalue weighted by Crippen LogP contribution is -2.46. The fourth-order valence-corrected chi connectivity index (χ4v) is 2.98. The lowest BCUT2D eigenvalue weighted by atomic mass is 10.2. The number of aromatic nitrogens is 4. The normalized spacial score (nSPS) is 16.3. The molecular formula is C16H18N6. The summed E-state index contributed by atoms with van der Waals surface area (Å²) in [5, 5.41) is 9.37. The van der Waals surface area contributed by atoms with Crippen LogP contribution in [-0.2, 0) is 6.54 Å². The number of hydrogen-bond acceptors (Lipinski definition) is 5. The second-order valence-electron chi connectivity index (χ2n) is 5.56. The predicted molar refractivity (Wildman–Crippen MR) is 85.6 cm³/mol. The molecule has 6 nitrogen and oxygen atoms in total. The fourth-order valence-electron chi connectivity index (χ4n) is 2.98. The first-order valence-corrected chi connectivity index (χ1v) is 7.56. The minimum absolute atomic E-state index is 0.958. The van der Waals surface area contributed by atoms with Gasteiger partial charge < -0.3 is 9.88 Å². The second kappa shape index (κ2) is 5.73. The van der Waals surface area contributed by atoms with Crippen LogP contribution in [0, 0.1) is 0 Å². The van der Waals surface area contributed by atoms with Gasteiger partial charge in [0.2, 0.25) is 0 Å². The molecule has 3 aromatic heterocycles. The minimum atomic E-state index is 0.958. The van der Waals surface area contributed by atoms with E-state index < -0.39 is 0 Å². The van der Waals surface area contributed by atoms with E-state index in [0.717, 1.165) is 44.2 Å². The van der Waals surface area contributed by atoms with Crippen molar-refractivity contribution >= 4 is 16.9 Å². The quantitative estimate of drug-likeness (QED) is 0.796. The van der Waals surface area contributed by atoms with Crippen molar-refractivity contribution in [3.05, 3.63) is 48.4 Å². The highest BCUT2D eigenvalue weighted by atomic mass is 15.3. The van der Waals surface area contributed by atoms with Crippen molar-refractivity contribution in [1.82, 2.24) is 25.1 Å². The van der Waals surface area contributed by atoms with Crippen molar-refractivity contribution in [3.63, 3.8) is 0 Å². The van der Waals surface area contributed by atoms with Crippen LogP contribution in [0.4, 0.5) is 5.82 Å². The highest BCUT2D eigenvalue weighted by molar-refractivity contribution is 5.79. The van der Waals surface area contributed by atoms with Gasteiger partial charge in [0.25, 0.3) is 0 Å². The van der Waals surface area contributed by atoms with Crippen molar-refractivity contribution < 1.29 is 0 Å². The van der Waals surface area contributed by atoms with Gasteiger partial charge in [-0.3, -0.25) is 4.90 Å². The maximum atomic E-state index is 4.35. The van der Waals surface area contributed by atoms with Gasteiger partial charge in [-0.25, -0.2) is 4.98 Å². The molecule has 0 atom stereocenters. The third-order valence-electron chi connectivity index (χ3n) is 4.19. The number of nitrogens with zero attached hydrogens (tertiary/aromatic N) is 5. The van der Waals surface area contributed by atoms with E-state index in [1.807, 2.05) is 24.4 Å². The van der Waals surface area contributed by atoms with Gasteiger partial charge in [-0.2, -0.15) is 5.10 Å². The minimum Gasteiger partial charge on any atom is -0.353 e. The van der Waals surface area contributed by atoms with Gasteiger partial charge in [0, 0.05) is 56.7 Å². The number of pyridine rings is 1. The van der Waals surface area contributed by atoms with Crippen LogP contribution in [0.25, 0.3) is 11.0 Å². The topological polar surface area (TPSA) is 60.9 Å². The van der Waals surface area contributed by atoms with Crippen LogP contribution in [0.2, 0.25) is 0 Å². The number of aromatic amines is 1. The van der Waals surface area contributed by atoms with Crippen LogP contribution in [0.1, 0.15) is 5.56 Å². The number of rotatable bonds is 3. The second-order valence-corrected chi connectivity index (χ2v) is 5.56. The molecule has 1 aliphatic rings. The molecule has 0 saturated carbocycles. The highest BCUT2D eigenvalue weighted by Gasteiger charge is 2.19. The maximum absolute atomic E-state index is 4.35. The molecule has 1 fully saturated rings. The van der Waals surface area contributed by atoms with Crippen LogP contribution in [0.3, 0.4) is 0 Å². The SMILES string of the molecule is c1cnnc(N2CCN(Cc3c[nH]c4ncccc34)CC2)c1. The molecule has 0 aliphatic carbocycles. The number of anilines is 1. The highest BCUT2D eigenvalue weighted by Crippen LogP contribution is 2.19. The van der Waals surface area contributed by atoms with Crippen molar-refractivity contribution in [3.8, 4) is 0 Å². The summed E-state index contributed by atoms with van der Waals surface area (Å²) >= 11 is 0. The predicted octanol–water partition coefficient (Wildman–Crippen LogP) is 1.68. The Morgan fingerprint density at radius 2 is 1.91 bits per heavy atom. The van der Waals surface area contributed by atoms with Crippen LogP contribution in [0.15, 0.2) is 42.9 Å². The molecule has 0 amide bonds. The molecule has 0 unspecified atom stereocenters. The molecule has 22 heavy (non-hydrogen) atoms. The van der Waals surface area contributed by atoms with E-state index in [1.165, 1.54) is 10.9 Å². The van der Waals surface area contributed by atoms with Gasteiger partial charge in [-0.1, -0.05) is 0 Å². The molecule has 4 rings (SSSR count). The van der Waals surface area contributed by atoms with Crippen LogP contribution >= 0.6 is 0 Å². The number of piperazine rings is 1. The van der Waals surface area contributed by atoms with Crippen LogP contribution in [0.5, 0.6) is 0 Å². The molecule has 1 aliphatic heterocycles. The van der Waals surface area contributed by atoms with Gasteiger partial charge in [0.15, 0.2) is 5.82 Å². The number of H-pyrrole nitrogens is 1. The Morgan fingerprint density at radius 3 is 2.73 bits per heavy atom. The summed E-state index contributed by atoms with van der Waals surface area (Å²) in [7, 11) is 0. The smallest absolute Gasteiger partial charge is 0.151 e. The van der Waals surface area contributed by atoms with Crippen molar-refractivity contribution in [1.29, 1.82) is 0 Å². The molecule has 112 valence electrons.